The van der Waals surface area contributed by atoms with Crippen LogP contribution < -0.4 is 10.4 Å². The third-order valence-electron chi connectivity index (χ3n) is 5.17. The van der Waals surface area contributed by atoms with Crippen LogP contribution in [0.2, 0.25) is 0 Å². The second-order valence-electron chi connectivity index (χ2n) is 7.03. The predicted octanol–water partition coefficient (Wildman–Crippen LogP) is 5.00. The number of ether oxygens (including phenoxy) is 1. The van der Waals surface area contributed by atoms with Gasteiger partial charge in [-0.2, -0.15) is 4.98 Å². The molecule has 1 aliphatic carbocycles. The average molecular weight is 378 g/mol. The lowest BCUT2D eigenvalue weighted by atomic mass is 10.1. The Kier molecular flexibility index (Phi) is 3.59. The Hall–Kier alpha value is -2.73. The van der Waals surface area contributed by atoms with E-state index in [-0.39, 0.29) is 5.63 Å². The summed E-state index contributed by atoms with van der Waals surface area (Å²) in [6.07, 6.45) is 3.32. The molecule has 6 heteroatoms. The van der Waals surface area contributed by atoms with Crippen LogP contribution in [0.25, 0.3) is 21.2 Å². The summed E-state index contributed by atoms with van der Waals surface area (Å²) in [5.41, 5.74) is 3.23. The molecule has 0 bridgehead atoms. The Labute approximate surface area is 159 Å². The lowest BCUT2D eigenvalue weighted by Gasteiger charge is -2.12. The third-order valence-corrected chi connectivity index (χ3v) is 6.35. The maximum absolute atomic E-state index is 11.8. The van der Waals surface area contributed by atoms with Gasteiger partial charge in [0, 0.05) is 21.9 Å². The highest BCUT2D eigenvalue weighted by Gasteiger charge is 2.23. The van der Waals surface area contributed by atoms with E-state index in [1.54, 1.807) is 11.3 Å². The number of hydrogen-bond donors (Lipinski definition) is 0. The van der Waals surface area contributed by atoms with E-state index in [0.29, 0.717) is 23.0 Å². The molecule has 1 aliphatic rings. The van der Waals surface area contributed by atoms with Crippen LogP contribution >= 0.6 is 11.3 Å². The molecule has 0 aliphatic heterocycles. The van der Waals surface area contributed by atoms with Crippen LogP contribution in [-0.4, -0.2) is 9.97 Å². The average Bonchev–Trinajstić information content (AvgIpc) is 3.18. The monoisotopic (exact) mass is 378 g/mol. The zero-order chi connectivity index (χ0) is 18.7. The molecule has 0 amide bonds. The summed E-state index contributed by atoms with van der Waals surface area (Å²) in [4.78, 5) is 23.4. The van der Waals surface area contributed by atoms with Crippen molar-refractivity contribution in [2.75, 3.05) is 0 Å². The van der Waals surface area contributed by atoms with Gasteiger partial charge in [0.2, 0.25) is 5.88 Å². The lowest BCUT2D eigenvalue weighted by molar-refractivity contribution is 0.461. The number of fused-ring (bicyclic) bond motifs is 4. The molecule has 136 valence electrons. The van der Waals surface area contributed by atoms with Crippen LogP contribution in [0.1, 0.15) is 33.8 Å². The summed E-state index contributed by atoms with van der Waals surface area (Å²) in [7, 11) is 0. The highest BCUT2D eigenvalue weighted by Crippen LogP contribution is 2.42. The molecule has 0 saturated heterocycles. The molecule has 3 heterocycles. The standard InChI is InChI=1S/C21H18N2O3S/c1-10-9-17(24)26-19-11(2)15(8-7-13(10)19)25-20-18-14-5-4-6-16(14)27-21(18)23-12(3)22-20/h7-9H,4-6H2,1-3H3. The van der Waals surface area contributed by atoms with Crippen molar-refractivity contribution in [2.24, 2.45) is 0 Å². The van der Waals surface area contributed by atoms with Crippen LogP contribution in [0, 0.1) is 20.8 Å². The number of aromatic nitrogens is 2. The van der Waals surface area contributed by atoms with Gasteiger partial charge in [0.1, 0.15) is 22.0 Å². The van der Waals surface area contributed by atoms with Crippen molar-refractivity contribution < 1.29 is 9.15 Å². The van der Waals surface area contributed by atoms with E-state index in [1.807, 2.05) is 32.9 Å². The van der Waals surface area contributed by atoms with Crippen LogP contribution in [-0.2, 0) is 12.8 Å². The van der Waals surface area contributed by atoms with Crippen LogP contribution in [0.15, 0.2) is 27.4 Å². The summed E-state index contributed by atoms with van der Waals surface area (Å²) >= 11 is 1.74. The minimum atomic E-state index is -0.351. The first-order valence-corrected chi connectivity index (χ1v) is 9.83. The van der Waals surface area contributed by atoms with Crippen molar-refractivity contribution in [2.45, 2.75) is 40.0 Å². The molecule has 1 aromatic carbocycles. The van der Waals surface area contributed by atoms with Gasteiger partial charge in [-0.25, -0.2) is 9.78 Å². The normalized spacial score (nSPS) is 13.4. The van der Waals surface area contributed by atoms with Gasteiger partial charge in [-0.1, -0.05) is 0 Å². The van der Waals surface area contributed by atoms with Gasteiger partial charge < -0.3 is 9.15 Å². The van der Waals surface area contributed by atoms with E-state index in [4.69, 9.17) is 9.15 Å². The van der Waals surface area contributed by atoms with E-state index in [9.17, 15) is 4.79 Å². The highest BCUT2D eigenvalue weighted by atomic mass is 32.1. The topological polar surface area (TPSA) is 65.2 Å². The predicted molar refractivity (Wildman–Crippen MR) is 106 cm³/mol. The molecule has 0 fully saturated rings. The first kappa shape index (κ1) is 16.4. The first-order chi connectivity index (χ1) is 13.0. The highest BCUT2D eigenvalue weighted by molar-refractivity contribution is 7.19. The molecular weight excluding hydrogens is 360 g/mol. The number of thiophene rings is 1. The lowest BCUT2D eigenvalue weighted by Crippen LogP contribution is -2.00. The molecule has 5 nitrogen and oxygen atoms in total. The molecule has 27 heavy (non-hydrogen) atoms. The number of hydrogen-bond acceptors (Lipinski definition) is 6. The Bertz CT molecular complexity index is 1290. The minimum absolute atomic E-state index is 0.351. The molecule has 0 N–H and O–H groups in total. The molecule has 3 aromatic heterocycles. The largest absolute Gasteiger partial charge is 0.438 e. The summed E-state index contributed by atoms with van der Waals surface area (Å²) in [6, 6.07) is 5.36. The molecule has 0 spiro atoms. The number of rotatable bonds is 2. The summed E-state index contributed by atoms with van der Waals surface area (Å²) in [5.74, 6) is 1.93. The fourth-order valence-electron chi connectivity index (χ4n) is 3.85. The summed E-state index contributed by atoms with van der Waals surface area (Å²) in [6.45, 7) is 5.70. The molecule has 0 atom stereocenters. The van der Waals surface area contributed by atoms with Crippen molar-refractivity contribution in [3.05, 3.63) is 56.0 Å². The maximum atomic E-state index is 11.8. The zero-order valence-electron chi connectivity index (χ0n) is 15.4. The van der Waals surface area contributed by atoms with E-state index in [2.05, 4.69) is 9.97 Å². The van der Waals surface area contributed by atoms with Crippen molar-refractivity contribution in [3.63, 3.8) is 0 Å². The molecule has 5 rings (SSSR count). The second-order valence-corrected chi connectivity index (χ2v) is 8.11. The van der Waals surface area contributed by atoms with Gasteiger partial charge in [-0.3, -0.25) is 0 Å². The zero-order valence-corrected chi connectivity index (χ0v) is 16.2. The van der Waals surface area contributed by atoms with E-state index in [0.717, 1.165) is 39.6 Å². The Morgan fingerprint density at radius 1 is 1.15 bits per heavy atom. The van der Waals surface area contributed by atoms with Crippen molar-refractivity contribution in [3.8, 4) is 11.6 Å². The van der Waals surface area contributed by atoms with E-state index in [1.165, 1.54) is 22.9 Å². The van der Waals surface area contributed by atoms with Gasteiger partial charge in [0.15, 0.2) is 0 Å². The van der Waals surface area contributed by atoms with Gasteiger partial charge in [-0.05, 0) is 63.3 Å². The maximum Gasteiger partial charge on any atom is 0.336 e. The molecule has 0 radical (unpaired) electrons. The fraction of sp³-hybridized carbons (Fsp3) is 0.286. The van der Waals surface area contributed by atoms with Crippen molar-refractivity contribution >= 4 is 32.5 Å². The van der Waals surface area contributed by atoms with E-state index < -0.39 is 0 Å². The van der Waals surface area contributed by atoms with Crippen LogP contribution in [0.4, 0.5) is 0 Å². The van der Waals surface area contributed by atoms with Crippen molar-refractivity contribution in [1.29, 1.82) is 0 Å². The molecule has 4 aromatic rings. The molecule has 0 saturated carbocycles. The molecular formula is C21H18N2O3S. The van der Waals surface area contributed by atoms with Gasteiger partial charge in [0.05, 0.1) is 5.39 Å². The number of aryl methyl sites for hydroxylation is 5. The van der Waals surface area contributed by atoms with Crippen LogP contribution in [0.3, 0.4) is 0 Å². The smallest absolute Gasteiger partial charge is 0.336 e. The SMILES string of the molecule is Cc1nc(Oc2ccc3c(C)cc(=O)oc3c2C)c2c3c(sc2n1)CCC3. The van der Waals surface area contributed by atoms with Crippen LogP contribution in [0.5, 0.6) is 11.6 Å². The summed E-state index contributed by atoms with van der Waals surface area (Å²) < 4.78 is 11.7. The van der Waals surface area contributed by atoms with Crippen molar-refractivity contribution in [1.82, 2.24) is 9.97 Å². The summed E-state index contributed by atoms with van der Waals surface area (Å²) in [5, 5.41) is 1.95. The fourth-order valence-corrected chi connectivity index (χ4v) is 5.15. The van der Waals surface area contributed by atoms with Gasteiger partial charge in [-0.15, -0.1) is 11.3 Å². The third kappa shape index (κ3) is 2.55. The Morgan fingerprint density at radius 3 is 2.85 bits per heavy atom. The molecule has 0 unspecified atom stereocenters. The second kappa shape index (κ2) is 5.89. The number of benzene rings is 1. The Morgan fingerprint density at radius 2 is 2.00 bits per heavy atom. The Balaban J connectivity index is 1.70. The quantitative estimate of drug-likeness (QED) is 0.459. The first-order valence-electron chi connectivity index (χ1n) is 9.02. The van der Waals surface area contributed by atoms with Gasteiger partial charge in [0.25, 0.3) is 0 Å². The number of nitrogens with zero attached hydrogens (tertiary/aromatic N) is 2. The van der Waals surface area contributed by atoms with Gasteiger partial charge >= 0.3 is 5.63 Å². The van der Waals surface area contributed by atoms with E-state index >= 15 is 0 Å². The minimum Gasteiger partial charge on any atom is -0.438 e.